The van der Waals surface area contributed by atoms with E-state index >= 15 is 0 Å². The van der Waals surface area contributed by atoms with Gasteiger partial charge in [0.2, 0.25) is 0 Å². The van der Waals surface area contributed by atoms with Crippen LogP contribution in [-0.4, -0.2) is 31.6 Å². The van der Waals surface area contributed by atoms with E-state index in [1.54, 1.807) is 12.1 Å². The number of nitrogens with zero attached hydrogens (tertiary/aromatic N) is 2. The SMILES string of the molecule is CN1CCC(CNc2cc(Cl)ccc2C#N)CC1. The molecule has 0 radical (unpaired) electrons. The van der Waals surface area contributed by atoms with Crippen molar-refractivity contribution in [3.63, 3.8) is 0 Å². The molecule has 0 aliphatic carbocycles. The van der Waals surface area contributed by atoms with Gasteiger partial charge in [-0.3, -0.25) is 0 Å². The number of nitriles is 1. The van der Waals surface area contributed by atoms with Gasteiger partial charge in [-0.2, -0.15) is 5.26 Å². The van der Waals surface area contributed by atoms with Crippen molar-refractivity contribution >= 4 is 17.3 Å². The predicted octanol–water partition coefficient (Wildman–Crippen LogP) is 2.97. The molecule has 3 nitrogen and oxygen atoms in total. The average Bonchev–Trinajstić information content (AvgIpc) is 2.38. The number of hydrogen-bond donors (Lipinski definition) is 1. The third-order valence-corrected chi connectivity index (χ3v) is 3.76. The van der Waals surface area contributed by atoms with Crippen LogP contribution in [0, 0.1) is 17.2 Å². The van der Waals surface area contributed by atoms with Crippen LogP contribution in [0.15, 0.2) is 18.2 Å². The van der Waals surface area contributed by atoms with Gasteiger partial charge >= 0.3 is 0 Å². The van der Waals surface area contributed by atoms with E-state index in [2.05, 4.69) is 23.3 Å². The molecular weight excluding hydrogens is 246 g/mol. The number of anilines is 1. The lowest BCUT2D eigenvalue weighted by Crippen LogP contribution is -2.33. The van der Waals surface area contributed by atoms with Gasteiger partial charge in [-0.05, 0) is 57.1 Å². The zero-order valence-electron chi connectivity index (χ0n) is 10.6. The van der Waals surface area contributed by atoms with Crippen molar-refractivity contribution < 1.29 is 0 Å². The smallest absolute Gasteiger partial charge is 0.101 e. The summed E-state index contributed by atoms with van der Waals surface area (Å²) in [6, 6.07) is 7.53. The Labute approximate surface area is 113 Å². The highest BCUT2D eigenvalue weighted by molar-refractivity contribution is 6.30. The average molecular weight is 264 g/mol. The van der Waals surface area contributed by atoms with Gasteiger partial charge in [0.15, 0.2) is 0 Å². The standard InChI is InChI=1S/C14H18ClN3/c1-18-6-4-11(5-7-18)10-17-14-8-13(15)3-2-12(14)9-16/h2-3,8,11,17H,4-7,10H2,1H3. The van der Waals surface area contributed by atoms with Crippen molar-refractivity contribution in [2.75, 3.05) is 32.0 Å². The number of rotatable bonds is 3. The Hall–Kier alpha value is -1.24. The van der Waals surface area contributed by atoms with Gasteiger partial charge in [0, 0.05) is 11.6 Å². The first-order chi connectivity index (χ1) is 8.69. The van der Waals surface area contributed by atoms with E-state index in [0.29, 0.717) is 16.5 Å². The third kappa shape index (κ3) is 3.38. The summed E-state index contributed by atoms with van der Waals surface area (Å²) in [6.45, 7) is 3.24. The summed E-state index contributed by atoms with van der Waals surface area (Å²) in [5.74, 6) is 0.687. The zero-order valence-corrected chi connectivity index (χ0v) is 11.4. The number of likely N-dealkylation sites (tertiary alicyclic amines) is 1. The van der Waals surface area contributed by atoms with Crippen LogP contribution in [0.4, 0.5) is 5.69 Å². The molecule has 0 bridgehead atoms. The summed E-state index contributed by atoms with van der Waals surface area (Å²) in [6.07, 6.45) is 2.43. The topological polar surface area (TPSA) is 39.1 Å². The molecule has 1 saturated heterocycles. The fourth-order valence-electron chi connectivity index (χ4n) is 2.28. The molecule has 1 fully saturated rings. The minimum absolute atomic E-state index is 0.660. The van der Waals surface area contributed by atoms with Crippen molar-refractivity contribution in [3.8, 4) is 6.07 Å². The molecule has 1 aliphatic heterocycles. The van der Waals surface area contributed by atoms with E-state index in [-0.39, 0.29) is 0 Å². The molecule has 0 spiro atoms. The Morgan fingerprint density at radius 2 is 2.17 bits per heavy atom. The maximum Gasteiger partial charge on any atom is 0.101 e. The molecule has 1 N–H and O–H groups in total. The van der Waals surface area contributed by atoms with E-state index in [9.17, 15) is 0 Å². The van der Waals surface area contributed by atoms with E-state index in [0.717, 1.165) is 25.3 Å². The number of halogens is 1. The summed E-state index contributed by atoms with van der Waals surface area (Å²) in [7, 11) is 2.16. The van der Waals surface area contributed by atoms with Crippen molar-refractivity contribution in [3.05, 3.63) is 28.8 Å². The number of benzene rings is 1. The van der Waals surface area contributed by atoms with E-state index in [1.807, 2.05) is 6.07 Å². The van der Waals surface area contributed by atoms with Gasteiger partial charge in [0.05, 0.1) is 11.3 Å². The molecule has 0 amide bonds. The highest BCUT2D eigenvalue weighted by Crippen LogP contribution is 2.22. The van der Waals surface area contributed by atoms with Gasteiger partial charge < -0.3 is 10.2 Å². The lowest BCUT2D eigenvalue weighted by molar-refractivity contribution is 0.226. The van der Waals surface area contributed by atoms with Crippen LogP contribution in [0.1, 0.15) is 18.4 Å². The second-order valence-corrected chi connectivity index (χ2v) is 5.37. The quantitative estimate of drug-likeness (QED) is 0.911. The van der Waals surface area contributed by atoms with Crippen LogP contribution in [0.3, 0.4) is 0 Å². The van der Waals surface area contributed by atoms with Gasteiger partial charge in [-0.1, -0.05) is 11.6 Å². The van der Waals surface area contributed by atoms with Crippen LogP contribution in [0.2, 0.25) is 5.02 Å². The molecule has 1 aromatic rings. The van der Waals surface area contributed by atoms with Gasteiger partial charge in [-0.15, -0.1) is 0 Å². The molecule has 0 unspecified atom stereocenters. The largest absolute Gasteiger partial charge is 0.384 e. The Balaban J connectivity index is 1.94. The summed E-state index contributed by atoms with van der Waals surface area (Å²) in [5, 5.41) is 13.1. The van der Waals surface area contributed by atoms with Gasteiger partial charge in [0.25, 0.3) is 0 Å². The van der Waals surface area contributed by atoms with Gasteiger partial charge in [0.1, 0.15) is 6.07 Å². The Morgan fingerprint density at radius 3 is 2.83 bits per heavy atom. The number of nitrogens with one attached hydrogen (secondary N) is 1. The van der Waals surface area contributed by atoms with Crippen molar-refractivity contribution in [1.29, 1.82) is 5.26 Å². The predicted molar refractivity (Wildman–Crippen MR) is 74.9 cm³/mol. The molecule has 1 aliphatic rings. The summed E-state index contributed by atoms with van der Waals surface area (Å²) in [5.41, 5.74) is 1.51. The Bertz CT molecular complexity index is 445. The Morgan fingerprint density at radius 1 is 1.44 bits per heavy atom. The highest BCUT2D eigenvalue weighted by Gasteiger charge is 2.16. The minimum Gasteiger partial charge on any atom is -0.384 e. The molecule has 0 saturated carbocycles. The van der Waals surface area contributed by atoms with Crippen LogP contribution in [0.25, 0.3) is 0 Å². The summed E-state index contributed by atoms with van der Waals surface area (Å²) < 4.78 is 0. The summed E-state index contributed by atoms with van der Waals surface area (Å²) >= 11 is 5.96. The van der Waals surface area contributed by atoms with Gasteiger partial charge in [-0.25, -0.2) is 0 Å². The third-order valence-electron chi connectivity index (χ3n) is 3.52. The van der Waals surface area contributed by atoms with E-state index in [4.69, 9.17) is 16.9 Å². The second-order valence-electron chi connectivity index (χ2n) is 4.93. The van der Waals surface area contributed by atoms with Crippen LogP contribution < -0.4 is 5.32 Å². The van der Waals surface area contributed by atoms with E-state index < -0.39 is 0 Å². The normalized spacial score (nSPS) is 17.4. The monoisotopic (exact) mass is 263 g/mol. The van der Waals surface area contributed by atoms with E-state index in [1.165, 1.54) is 12.8 Å². The molecule has 4 heteroatoms. The molecule has 2 rings (SSSR count). The molecule has 1 aromatic carbocycles. The van der Waals surface area contributed by atoms with Crippen molar-refractivity contribution in [2.24, 2.45) is 5.92 Å². The fourth-order valence-corrected chi connectivity index (χ4v) is 2.45. The first-order valence-corrected chi connectivity index (χ1v) is 6.69. The molecule has 96 valence electrons. The molecule has 0 atom stereocenters. The van der Waals surface area contributed by atoms with Crippen molar-refractivity contribution in [2.45, 2.75) is 12.8 Å². The first-order valence-electron chi connectivity index (χ1n) is 6.31. The number of piperidine rings is 1. The molecule has 1 heterocycles. The zero-order chi connectivity index (χ0) is 13.0. The first kappa shape index (κ1) is 13.2. The van der Waals surface area contributed by atoms with Crippen molar-refractivity contribution in [1.82, 2.24) is 4.90 Å². The molecule has 18 heavy (non-hydrogen) atoms. The minimum atomic E-state index is 0.660. The molecular formula is C14H18ClN3. The maximum atomic E-state index is 9.04. The fraction of sp³-hybridized carbons (Fsp3) is 0.500. The summed E-state index contributed by atoms with van der Waals surface area (Å²) in [4.78, 5) is 2.36. The Kier molecular flexibility index (Phi) is 4.46. The van der Waals surface area contributed by atoms with Crippen LogP contribution >= 0.6 is 11.6 Å². The number of hydrogen-bond acceptors (Lipinski definition) is 3. The lowest BCUT2D eigenvalue weighted by atomic mass is 9.97. The maximum absolute atomic E-state index is 9.04. The lowest BCUT2D eigenvalue weighted by Gasteiger charge is -2.29. The second kappa shape index (κ2) is 6.08. The van der Waals surface area contributed by atoms with Crippen LogP contribution in [-0.2, 0) is 0 Å². The molecule has 0 aromatic heterocycles. The van der Waals surface area contributed by atoms with Crippen LogP contribution in [0.5, 0.6) is 0 Å². The highest BCUT2D eigenvalue weighted by atomic mass is 35.5.